The summed E-state index contributed by atoms with van der Waals surface area (Å²) in [5.41, 5.74) is -0.0186. The van der Waals surface area contributed by atoms with Crippen molar-refractivity contribution in [3.05, 3.63) is 71.3 Å². The van der Waals surface area contributed by atoms with Gasteiger partial charge < -0.3 is 9.47 Å². The Morgan fingerprint density at radius 1 is 0.875 bits per heavy atom. The fraction of sp³-hybridized carbons (Fsp3) is 0.440. The lowest BCUT2D eigenvalue weighted by atomic mass is 9.86. The molecule has 0 radical (unpaired) electrons. The zero-order valence-corrected chi connectivity index (χ0v) is 18.9. The molecule has 0 amide bonds. The Morgan fingerprint density at radius 3 is 1.91 bits per heavy atom. The molecular weight excluding hydrogens is 421 g/mol. The summed E-state index contributed by atoms with van der Waals surface area (Å²) in [5.74, 6) is -2.28. The van der Waals surface area contributed by atoms with Crippen molar-refractivity contribution in [1.29, 1.82) is 0 Å². The van der Waals surface area contributed by atoms with Crippen molar-refractivity contribution in [2.45, 2.75) is 64.8 Å². The number of hydrogen-bond acceptors (Lipinski definition) is 4. The number of ether oxygens (including phenoxy) is 2. The molecule has 1 unspecified atom stereocenters. The molecule has 0 spiro atoms. The predicted molar refractivity (Wildman–Crippen MR) is 115 cm³/mol. The minimum absolute atomic E-state index is 0.126. The molecule has 7 heteroatoms. The molecule has 0 N–H and O–H groups in total. The summed E-state index contributed by atoms with van der Waals surface area (Å²) < 4.78 is 49.8. The quantitative estimate of drug-likeness (QED) is 0.476. The summed E-state index contributed by atoms with van der Waals surface area (Å²) >= 11 is 0. The van der Waals surface area contributed by atoms with Crippen LogP contribution in [-0.2, 0) is 25.2 Å². The average Bonchev–Trinajstić information content (AvgIpc) is 2.67. The summed E-state index contributed by atoms with van der Waals surface area (Å²) in [5, 5.41) is 0. The van der Waals surface area contributed by atoms with E-state index in [1.807, 2.05) is 30.3 Å². The molecule has 4 nitrogen and oxygen atoms in total. The molecule has 0 aliphatic heterocycles. The molecule has 2 aromatic carbocycles. The standard InChI is InChI=1S/C25H29F3O4/c1-16(15-21(29)32-24(3,4)5)23(30)31-17(2)22(18-9-7-6-8-10-18)19-11-13-20(14-12-19)25(26,27)28/h6-14,16-17,22H,15H2,1-5H3/t16-,17+,22?/m1/s1. The van der Waals surface area contributed by atoms with Crippen molar-refractivity contribution in [2.75, 3.05) is 0 Å². The summed E-state index contributed by atoms with van der Waals surface area (Å²) in [6.07, 6.45) is -5.24. The van der Waals surface area contributed by atoms with Gasteiger partial charge >= 0.3 is 18.1 Å². The maximum absolute atomic E-state index is 13.0. The summed E-state index contributed by atoms with van der Waals surface area (Å²) in [7, 11) is 0. The second kappa shape index (κ2) is 10.2. The molecule has 0 bridgehead atoms. The van der Waals surface area contributed by atoms with Crippen LogP contribution in [0.5, 0.6) is 0 Å². The van der Waals surface area contributed by atoms with Crippen LogP contribution in [-0.4, -0.2) is 23.6 Å². The molecule has 0 aliphatic carbocycles. The highest BCUT2D eigenvalue weighted by Crippen LogP contribution is 2.34. The number of benzene rings is 2. The molecule has 0 saturated heterocycles. The molecule has 3 atom stereocenters. The highest BCUT2D eigenvalue weighted by molar-refractivity contribution is 5.80. The summed E-state index contributed by atoms with van der Waals surface area (Å²) in [6, 6.07) is 13.9. The lowest BCUT2D eigenvalue weighted by molar-refractivity contribution is -0.163. The van der Waals surface area contributed by atoms with Crippen LogP contribution in [0.15, 0.2) is 54.6 Å². The van der Waals surface area contributed by atoms with E-state index >= 15 is 0 Å². The third kappa shape index (κ3) is 7.39. The Bertz CT molecular complexity index is 900. The molecule has 0 aliphatic rings. The molecule has 174 valence electrons. The zero-order valence-electron chi connectivity index (χ0n) is 18.9. The van der Waals surface area contributed by atoms with Crippen molar-refractivity contribution in [2.24, 2.45) is 5.92 Å². The zero-order chi connectivity index (χ0) is 24.1. The summed E-state index contributed by atoms with van der Waals surface area (Å²) in [4.78, 5) is 24.7. The van der Waals surface area contributed by atoms with Crippen LogP contribution in [0.4, 0.5) is 13.2 Å². The van der Waals surface area contributed by atoms with Gasteiger partial charge in [0.25, 0.3) is 0 Å². The molecule has 0 heterocycles. The van der Waals surface area contributed by atoms with Crippen LogP contribution in [0, 0.1) is 5.92 Å². The van der Waals surface area contributed by atoms with Gasteiger partial charge in [-0.1, -0.05) is 49.4 Å². The van der Waals surface area contributed by atoms with Crippen molar-refractivity contribution in [3.8, 4) is 0 Å². The van der Waals surface area contributed by atoms with E-state index in [1.54, 1.807) is 34.6 Å². The van der Waals surface area contributed by atoms with Gasteiger partial charge in [-0.15, -0.1) is 0 Å². The Labute approximate surface area is 186 Å². The summed E-state index contributed by atoms with van der Waals surface area (Å²) in [6.45, 7) is 8.49. The lowest BCUT2D eigenvalue weighted by Crippen LogP contribution is -2.30. The van der Waals surface area contributed by atoms with Crippen molar-refractivity contribution >= 4 is 11.9 Å². The second-order valence-corrected chi connectivity index (χ2v) is 8.84. The third-order valence-corrected chi connectivity index (χ3v) is 4.82. The minimum Gasteiger partial charge on any atom is -0.461 e. The second-order valence-electron chi connectivity index (χ2n) is 8.84. The first-order valence-corrected chi connectivity index (χ1v) is 10.4. The third-order valence-electron chi connectivity index (χ3n) is 4.82. The SMILES string of the molecule is C[C@H](CC(=O)OC(C)(C)C)C(=O)O[C@@H](C)C(c1ccccc1)c1ccc(C(F)(F)F)cc1. The molecule has 0 fully saturated rings. The maximum Gasteiger partial charge on any atom is 0.416 e. The highest BCUT2D eigenvalue weighted by atomic mass is 19.4. The van der Waals surface area contributed by atoms with Crippen molar-refractivity contribution in [3.63, 3.8) is 0 Å². The van der Waals surface area contributed by atoms with Crippen molar-refractivity contribution < 1.29 is 32.2 Å². The first kappa shape index (κ1) is 25.4. The van der Waals surface area contributed by atoms with E-state index in [4.69, 9.17) is 9.47 Å². The Hall–Kier alpha value is -2.83. The van der Waals surface area contributed by atoms with Crippen LogP contribution in [0.2, 0.25) is 0 Å². The van der Waals surface area contributed by atoms with Gasteiger partial charge in [0.1, 0.15) is 11.7 Å². The minimum atomic E-state index is -4.43. The fourth-order valence-corrected chi connectivity index (χ4v) is 3.36. The lowest BCUT2D eigenvalue weighted by Gasteiger charge is -2.27. The van der Waals surface area contributed by atoms with Crippen LogP contribution in [0.1, 0.15) is 63.6 Å². The van der Waals surface area contributed by atoms with Gasteiger partial charge in [0.15, 0.2) is 0 Å². The van der Waals surface area contributed by atoms with E-state index in [-0.39, 0.29) is 6.42 Å². The number of rotatable bonds is 7. The normalized spacial score (nSPS) is 14.9. The van der Waals surface area contributed by atoms with E-state index in [2.05, 4.69) is 0 Å². The van der Waals surface area contributed by atoms with Crippen LogP contribution in [0.25, 0.3) is 0 Å². The van der Waals surface area contributed by atoms with Gasteiger partial charge in [-0.2, -0.15) is 13.2 Å². The molecular formula is C25H29F3O4. The van der Waals surface area contributed by atoms with Crippen LogP contribution >= 0.6 is 0 Å². The van der Waals surface area contributed by atoms with E-state index in [0.717, 1.165) is 17.7 Å². The Kier molecular flexibility index (Phi) is 8.10. The number of carbonyl (C=O) groups is 2. The first-order valence-electron chi connectivity index (χ1n) is 10.4. The van der Waals surface area contributed by atoms with E-state index in [1.165, 1.54) is 12.1 Å². The molecule has 0 aromatic heterocycles. The molecule has 2 rings (SSSR count). The smallest absolute Gasteiger partial charge is 0.416 e. The molecule has 2 aromatic rings. The largest absolute Gasteiger partial charge is 0.461 e. The first-order chi connectivity index (χ1) is 14.8. The average molecular weight is 450 g/mol. The van der Waals surface area contributed by atoms with Gasteiger partial charge in [-0.25, -0.2) is 0 Å². The maximum atomic E-state index is 13.0. The fourth-order valence-electron chi connectivity index (χ4n) is 3.36. The molecule has 0 saturated carbocycles. The van der Waals surface area contributed by atoms with Gasteiger partial charge in [-0.3, -0.25) is 9.59 Å². The number of esters is 2. The Balaban J connectivity index is 2.20. The number of halogens is 3. The van der Waals surface area contributed by atoms with Crippen molar-refractivity contribution in [1.82, 2.24) is 0 Å². The predicted octanol–water partition coefficient (Wildman–Crippen LogP) is 6.14. The van der Waals surface area contributed by atoms with Gasteiger partial charge in [0.2, 0.25) is 0 Å². The van der Waals surface area contributed by atoms with Crippen LogP contribution < -0.4 is 0 Å². The van der Waals surface area contributed by atoms with E-state index in [0.29, 0.717) is 5.56 Å². The van der Waals surface area contributed by atoms with E-state index < -0.39 is 47.2 Å². The number of carbonyl (C=O) groups excluding carboxylic acids is 2. The Morgan fingerprint density at radius 2 is 1.41 bits per heavy atom. The monoisotopic (exact) mass is 450 g/mol. The highest BCUT2D eigenvalue weighted by Gasteiger charge is 2.32. The number of hydrogen-bond donors (Lipinski definition) is 0. The topological polar surface area (TPSA) is 52.6 Å². The van der Waals surface area contributed by atoms with Crippen LogP contribution in [0.3, 0.4) is 0 Å². The van der Waals surface area contributed by atoms with Gasteiger partial charge in [0, 0.05) is 5.92 Å². The van der Waals surface area contributed by atoms with E-state index in [9.17, 15) is 22.8 Å². The number of alkyl halides is 3. The van der Waals surface area contributed by atoms with Gasteiger partial charge in [0.05, 0.1) is 17.9 Å². The molecule has 32 heavy (non-hydrogen) atoms. The van der Waals surface area contributed by atoms with Gasteiger partial charge in [-0.05, 0) is 51.0 Å².